The normalized spacial score (nSPS) is 11.6. The van der Waals surface area contributed by atoms with E-state index in [0.717, 1.165) is 38.5 Å². The maximum Gasteiger partial charge on any atom is 0.305 e. The van der Waals surface area contributed by atoms with E-state index in [-0.39, 0.29) is 12.6 Å². The number of aliphatic hydroxyl groups excluding tert-OH is 1. The first kappa shape index (κ1) is 24.9. The van der Waals surface area contributed by atoms with Gasteiger partial charge in [-0.3, -0.25) is 4.79 Å². The molecule has 0 spiro atoms. The zero-order chi connectivity index (χ0) is 19.1. The molecule has 0 aliphatic carbocycles. The van der Waals surface area contributed by atoms with Crippen molar-refractivity contribution >= 4 is 5.97 Å². The van der Waals surface area contributed by atoms with Crippen molar-refractivity contribution in [2.24, 2.45) is 0 Å². The summed E-state index contributed by atoms with van der Waals surface area (Å²) >= 11 is 0. The third kappa shape index (κ3) is 21.0. The molecule has 1 N–H and O–H groups in total. The van der Waals surface area contributed by atoms with Crippen LogP contribution < -0.4 is 0 Å². The van der Waals surface area contributed by atoms with Crippen LogP contribution in [0.4, 0.5) is 0 Å². The third-order valence-electron chi connectivity index (χ3n) is 4.40. The number of esters is 1. The molecule has 26 heavy (non-hydrogen) atoms. The molecule has 3 nitrogen and oxygen atoms in total. The molecule has 0 unspecified atom stereocenters. The summed E-state index contributed by atoms with van der Waals surface area (Å²) in [5, 5.41) is 8.66. The van der Waals surface area contributed by atoms with Gasteiger partial charge >= 0.3 is 5.97 Å². The topological polar surface area (TPSA) is 46.5 Å². The van der Waals surface area contributed by atoms with Crippen molar-refractivity contribution in [3.8, 4) is 0 Å². The fourth-order valence-electron chi connectivity index (χ4n) is 2.73. The summed E-state index contributed by atoms with van der Waals surface area (Å²) in [6.45, 7) is 2.96. The lowest BCUT2D eigenvalue weighted by molar-refractivity contribution is -0.143. The van der Waals surface area contributed by atoms with Gasteiger partial charge < -0.3 is 9.84 Å². The molecule has 0 aromatic rings. The van der Waals surface area contributed by atoms with Gasteiger partial charge in [0.1, 0.15) is 0 Å². The smallest absolute Gasteiger partial charge is 0.305 e. The summed E-state index contributed by atoms with van der Waals surface area (Å²) in [6, 6.07) is 0. The van der Waals surface area contributed by atoms with Crippen LogP contribution in [0.1, 0.15) is 103 Å². The van der Waals surface area contributed by atoms with Gasteiger partial charge in [0.15, 0.2) is 0 Å². The van der Waals surface area contributed by atoms with Crippen LogP contribution in [-0.2, 0) is 9.53 Å². The number of unbranched alkanes of at least 4 members (excludes halogenated alkanes) is 10. The van der Waals surface area contributed by atoms with Crippen LogP contribution in [0.15, 0.2) is 24.3 Å². The second-order valence-electron chi connectivity index (χ2n) is 6.99. The third-order valence-corrected chi connectivity index (χ3v) is 4.40. The van der Waals surface area contributed by atoms with Crippen molar-refractivity contribution in [3.63, 3.8) is 0 Å². The molecule has 0 aliphatic rings. The van der Waals surface area contributed by atoms with Crippen LogP contribution >= 0.6 is 0 Å². The van der Waals surface area contributed by atoms with Crippen LogP contribution in [0, 0.1) is 0 Å². The lowest BCUT2D eigenvalue weighted by Crippen LogP contribution is -2.05. The van der Waals surface area contributed by atoms with Crippen LogP contribution in [0.5, 0.6) is 0 Å². The second-order valence-corrected chi connectivity index (χ2v) is 6.99. The number of hydrogen-bond donors (Lipinski definition) is 1. The SMILES string of the molecule is CCCCCC=CCC=CCCCCCCCC(=O)OCCCCCO. The fraction of sp³-hybridized carbons (Fsp3) is 0.783. The maximum atomic E-state index is 11.5. The molecule has 0 radical (unpaired) electrons. The number of carbonyl (C=O) groups excluding carboxylic acids is 1. The number of aliphatic hydroxyl groups is 1. The van der Waals surface area contributed by atoms with Crippen molar-refractivity contribution in [3.05, 3.63) is 24.3 Å². The minimum Gasteiger partial charge on any atom is -0.466 e. The van der Waals surface area contributed by atoms with Gasteiger partial charge in [-0.2, -0.15) is 0 Å². The summed E-state index contributed by atoms with van der Waals surface area (Å²) in [5.74, 6) is -0.0697. The van der Waals surface area contributed by atoms with Crippen LogP contribution in [0.2, 0.25) is 0 Å². The van der Waals surface area contributed by atoms with Crippen molar-refractivity contribution in [2.75, 3.05) is 13.2 Å². The summed E-state index contributed by atoms with van der Waals surface area (Å²) < 4.78 is 5.17. The van der Waals surface area contributed by atoms with Gasteiger partial charge in [0.25, 0.3) is 0 Å². The number of ether oxygens (including phenoxy) is 1. The zero-order valence-electron chi connectivity index (χ0n) is 17.1. The lowest BCUT2D eigenvalue weighted by Gasteiger charge is -2.04. The molecule has 0 atom stereocenters. The van der Waals surface area contributed by atoms with E-state index in [9.17, 15) is 4.79 Å². The highest BCUT2D eigenvalue weighted by molar-refractivity contribution is 5.69. The number of hydrogen-bond acceptors (Lipinski definition) is 3. The minimum absolute atomic E-state index is 0.0697. The molecule has 0 aliphatic heterocycles. The molecule has 0 saturated heterocycles. The zero-order valence-corrected chi connectivity index (χ0v) is 17.1. The van der Waals surface area contributed by atoms with Crippen LogP contribution in [0.25, 0.3) is 0 Å². The Morgan fingerprint density at radius 1 is 0.769 bits per heavy atom. The quantitative estimate of drug-likeness (QED) is 0.161. The van der Waals surface area contributed by atoms with Crippen LogP contribution in [0.3, 0.4) is 0 Å². The fourth-order valence-corrected chi connectivity index (χ4v) is 2.73. The Morgan fingerprint density at radius 2 is 1.38 bits per heavy atom. The summed E-state index contributed by atoms with van der Waals surface area (Å²) in [7, 11) is 0. The van der Waals surface area contributed by atoms with E-state index >= 15 is 0 Å². The summed E-state index contributed by atoms with van der Waals surface area (Å²) in [6.07, 6.45) is 25.4. The molecular formula is C23H42O3. The number of rotatable bonds is 19. The van der Waals surface area contributed by atoms with Crippen molar-refractivity contribution < 1.29 is 14.6 Å². The summed E-state index contributed by atoms with van der Waals surface area (Å²) in [4.78, 5) is 11.5. The highest BCUT2D eigenvalue weighted by atomic mass is 16.5. The first-order valence-corrected chi connectivity index (χ1v) is 10.9. The predicted molar refractivity (Wildman–Crippen MR) is 111 cm³/mol. The lowest BCUT2D eigenvalue weighted by atomic mass is 10.1. The minimum atomic E-state index is -0.0697. The number of allylic oxidation sites excluding steroid dienone is 4. The highest BCUT2D eigenvalue weighted by Crippen LogP contribution is 2.09. The van der Waals surface area contributed by atoms with Gasteiger partial charge in [-0.25, -0.2) is 0 Å². The van der Waals surface area contributed by atoms with E-state index in [1.54, 1.807) is 0 Å². The molecule has 152 valence electrons. The maximum absolute atomic E-state index is 11.5. The first-order valence-electron chi connectivity index (χ1n) is 10.9. The van der Waals surface area contributed by atoms with Gasteiger partial charge in [-0.05, 0) is 57.8 Å². The van der Waals surface area contributed by atoms with E-state index in [1.165, 1.54) is 51.4 Å². The average molecular weight is 367 g/mol. The van der Waals surface area contributed by atoms with E-state index in [0.29, 0.717) is 13.0 Å². The molecule has 0 bridgehead atoms. The molecule has 0 amide bonds. The monoisotopic (exact) mass is 366 g/mol. The van der Waals surface area contributed by atoms with E-state index < -0.39 is 0 Å². The summed E-state index contributed by atoms with van der Waals surface area (Å²) in [5.41, 5.74) is 0. The van der Waals surface area contributed by atoms with E-state index in [2.05, 4.69) is 31.2 Å². The molecule has 0 heterocycles. The Kier molecular flexibility index (Phi) is 21.0. The van der Waals surface area contributed by atoms with Crippen molar-refractivity contribution in [1.29, 1.82) is 0 Å². The van der Waals surface area contributed by atoms with Gasteiger partial charge in [0.05, 0.1) is 6.61 Å². The molecule has 0 fully saturated rings. The van der Waals surface area contributed by atoms with Gasteiger partial charge in [0.2, 0.25) is 0 Å². The van der Waals surface area contributed by atoms with E-state index in [1.807, 2.05) is 0 Å². The first-order chi connectivity index (χ1) is 12.8. The Hall–Kier alpha value is -1.09. The Balaban J connectivity index is 3.25. The van der Waals surface area contributed by atoms with Crippen LogP contribution in [-0.4, -0.2) is 24.3 Å². The van der Waals surface area contributed by atoms with Gasteiger partial charge in [0, 0.05) is 13.0 Å². The Morgan fingerprint density at radius 3 is 2.08 bits per heavy atom. The molecule has 0 rings (SSSR count). The average Bonchev–Trinajstić information content (AvgIpc) is 2.64. The van der Waals surface area contributed by atoms with Gasteiger partial charge in [-0.15, -0.1) is 0 Å². The molecular weight excluding hydrogens is 324 g/mol. The van der Waals surface area contributed by atoms with Crippen molar-refractivity contribution in [1.82, 2.24) is 0 Å². The number of carbonyl (C=O) groups is 1. The Labute approximate surface area is 161 Å². The second kappa shape index (κ2) is 22.0. The molecule has 0 aromatic heterocycles. The largest absolute Gasteiger partial charge is 0.466 e. The standard InChI is InChI=1S/C23H42O3/c1-2-3-4-5-6-7-8-9-10-11-12-13-14-15-17-20-23(25)26-22-19-16-18-21-24/h6-7,9-10,24H,2-5,8,11-22H2,1H3. The van der Waals surface area contributed by atoms with Crippen molar-refractivity contribution in [2.45, 2.75) is 103 Å². The van der Waals surface area contributed by atoms with E-state index in [4.69, 9.17) is 9.84 Å². The Bertz CT molecular complexity index is 347. The van der Waals surface area contributed by atoms with Gasteiger partial charge in [-0.1, -0.05) is 63.3 Å². The molecule has 0 aromatic carbocycles. The highest BCUT2D eigenvalue weighted by Gasteiger charge is 2.02. The predicted octanol–water partition coefficient (Wildman–Crippen LogP) is 6.51. The molecule has 3 heteroatoms. The molecule has 0 saturated carbocycles.